The predicted octanol–water partition coefficient (Wildman–Crippen LogP) is 0.473. The van der Waals surface area contributed by atoms with E-state index in [1.807, 2.05) is 18.2 Å². The number of hydrogen-bond donors (Lipinski definition) is 3. The van der Waals surface area contributed by atoms with Crippen molar-refractivity contribution in [1.29, 1.82) is 0 Å². The first-order valence-corrected chi connectivity index (χ1v) is 12.6. The van der Waals surface area contributed by atoms with Gasteiger partial charge in [0.05, 0.1) is 0 Å². The molecule has 0 heterocycles. The van der Waals surface area contributed by atoms with Crippen LogP contribution in [-0.2, 0) is 37.3 Å². The van der Waals surface area contributed by atoms with Crippen LogP contribution < -0.4 is 10.2 Å². The van der Waals surface area contributed by atoms with Gasteiger partial charge in [0.25, 0.3) is 10.1 Å². The Labute approximate surface area is 240 Å². The fraction of sp³-hybridized carbons (Fsp3) is 0.458. The minimum Gasteiger partial charge on any atom is -0.550 e. The largest absolute Gasteiger partial charge is 2.00 e. The molecule has 0 saturated carbocycles. The molecule has 0 fully saturated rings. The minimum atomic E-state index is -4.24. The van der Waals surface area contributed by atoms with Gasteiger partial charge in [0.2, 0.25) is 0 Å². The standard InChI is InChI=1S/C18H24O3S.C6H8O7.Ca/c1-3-5-9-14-13-15-10-7-8-12-17(15)18(22(19,20)21)16(14)11-6-4-2;7-3(8)1-6(13,5(11)12)2-4(9)10;/h7-8,10,12-13H,3-6,9,11H2,1-2H3,(H,19,20,21);13H,1-2H2,(H,7,8)(H,9,10)(H,11,12);/q;;+2/p-2. The molecule has 194 valence electrons. The van der Waals surface area contributed by atoms with Crippen molar-refractivity contribution in [3.63, 3.8) is 0 Å². The van der Waals surface area contributed by atoms with E-state index in [0.29, 0.717) is 11.8 Å². The van der Waals surface area contributed by atoms with Crippen LogP contribution in [0.25, 0.3) is 10.8 Å². The molecule has 12 heteroatoms. The zero-order valence-electron chi connectivity index (χ0n) is 20.4. The molecule has 2 rings (SSSR count). The molecule has 0 saturated heterocycles. The predicted molar refractivity (Wildman–Crippen MR) is 129 cm³/mol. The van der Waals surface area contributed by atoms with E-state index in [-0.39, 0.29) is 42.6 Å². The average Bonchev–Trinajstić information content (AvgIpc) is 2.74. The normalized spacial score (nSPS) is 11.2. The number of hydrogen-bond acceptors (Lipinski definition) is 8. The Hall–Kier alpha value is -1.76. The smallest absolute Gasteiger partial charge is 0.550 e. The van der Waals surface area contributed by atoms with Crippen LogP contribution in [0.1, 0.15) is 63.5 Å². The van der Waals surface area contributed by atoms with Crippen LogP contribution in [0, 0.1) is 0 Å². The van der Waals surface area contributed by atoms with Crippen molar-refractivity contribution in [2.45, 2.75) is 75.7 Å². The fourth-order valence-electron chi connectivity index (χ4n) is 3.62. The summed E-state index contributed by atoms with van der Waals surface area (Å²) in [4.78, 5) is 30.3. The molecule has 0 bridgehead atoms. The molecule has 36 heavy (non-hydrogen) atoms. The molecule has 0 spiro atoms. The molecule has 10 nitrogen and oxygen atoms in total. The van der Waals surface area contributed by atoms with E-state index in [0.717, 1.165) is 48.6 Å². The molecule has 0 radical (unpaired) electrons. The third kappa shape index (κ3) is 10.3. The van der Waals surface area contributed by atoms with Gasteiger partial charge in [0.1, 0.15) is 4.90 Å². The molecule has 0 aliphatic heterocycles. The molecule has 0 aliphatic carbocycles. The van der Waals surface area contributed by atoms with Gasteiger partial charge in [-0.05, 0) is 42.2 Å². The van der Waals surface area contributed by atoms with Crippen LogP contribution >= 0.6 is 0 Å². The zero-order valence-corrected chi connectivity index (χ0v) is 23.4. The summed E-state index contributed by atoms with van der Waals surface area (Å²) in [5.41, 5.74) is -1.00. The van der Waals surface area contributed by atoms with Crippen LogP contribution in [-0.4, -0.2) is 84.4 Å². The van der Waals surface area contributed by atoms with Crippen molar-refractivity contribution in [2.24, 2.45) is 0 Å². The first kappa shape index (κ1) is 34.2. The van der Waals surface area contributed by atoms with Gasteiger partial charge in [-0.3, -0.25) is 4.55 Å². The van der Waals surface area contributed by atoms with Gasteiger partial charge >= 0.3 is 43.7 Å². The Balaban J connectivity index is 0.000000758. The third-order valence-corrected chi connectivity index (χ3v) is 6.29. The van der Waals surface area contributed by atoms with Gasteiger partial charge < -0.3 is 30.0 Å². The average molecular weight is 551 g/mol. The Morgan fingerprint density at radius 3 is 1.89 bits per heavy atom. The number of aryl methyl sites for hydroxylation is 1. The monoisotopic (exact) mass is 550 g/mol. The van der Waals surface area contributed by atoms with Crippen molar-refractivity contribution in [1.82, 2.24) is 0 Å². The van der Waals surface area contributed by atoms with Crippen LogP contribution in [0.5, 0.6) is 0 Å². The minimum absolute atomic E-state index is 0. The van der Waals surface area contributed by atoms with Crippen molar-refractivity contribution in [2.75, 3.05) is 0 Å². The van der Waals surface area contributed by atoms with Gasteiger partial charge in [-0.25, -0.2) is 4.79 Å². The number of unbranched alkanes of at least 4 members (excludes halogenated alkanes) is 2. The molecule has 0 aromatic heterocycles. The summed E-state index contributed by atoms with van der Waals surface area (Å²) in [7, 11) is -4.24. The second-order valence-electron chi connectivity index (χ2n) is 8.18. The third-order valence-electron chi connectivity index (χ3n) is 5.31. The SMILES string of the molecule is CCCCc1cc2ccccc2c(S(=O)(=O)O)c1CCCC.O=C([O-])CC(O)(CC(=O)[O-])C(=O)O.[Ca+2]. The van der Waals surface area contributed by atoms with Gasteiger partial charge in [-0.2, -0.15) is 8.42 Å². The Morgan fingerprint density at radius 1 is 0.944 bits per heavy atom. The number of carboxylic acids is 3. The van der Waals surface area contributed by atoms with Crippen molar-refractivity contribution in [3.05, 3.63) is 41.5 Å². The fourth-order valence-corrected chi connectivity index (χ4v) is 4.63. The molecule has 0 unspecified atom stereocenters. The Bertz CT molecular complexity index is 1140. The number of aliphatic carboxylic acids is 3. The van der Waals surface area contributed by atoms with Crippen LogP contribution in [0.15, 0.2) is 35.2 Å². The summed E-state index contributed by atoms with van der Waals surface area (Å²) in [6.45, 7) is 4.20. The molecule has 3 N–H and O–H groups in total. The number of carbonyl (C=O) groups excluding carboxylic acids is 2. The molecule has 0 aliphatic rings. The van der Waals surface area contributed by atoms with Gasteiger partial charge in [0, 0.05) is 30.2 Å². The van der Waals surface area contributed by atoms with Gasteiger partial charge in [0.15, 0.2) is 5.60 Å². The Morgan fingerprint density at radius 2 is 1.44 bits per heavy atom. The van der Waals surface area contributed by atoms with Crippen molar-refractivity contribution in [3.8, 4) is 0 Å². The van der Waals surface area contributed by atoms with Gasteiger partial charge in [-0.1, -0.05) is 57.0 Å². The second kappa shape index (κ2) is 15.5. The summed E-state index contributed by atoms with van der Waals surface area (Å²) in [5.74, 6) is -5.65. The molecular formula is C24H30CaO10S. The van der Waals surface area contributed by atoms with Crippen molar-refractivity contribution < 1.29 is 47.8 Å². The molecule has 2 aromatic carbocycles. The van der Waals surface area contributed by atoms with E-state index in [2.05, 4.69) is 19.9 Å². The van der Waals surface area contributed by atoms with E-state index in [9.17, 15) is 37.6 Å². The number of rotatable bonds is 12. The number of fused-ring (bicyclic) bond motifs is 1. The van der Waals surface area contributed by atoms with E-state index in [1.165, 1.54) is 0 Å². The maximum Gasteiger partial charge on any atom is 2.00 e. The maximum absolute atomic E-state index is 12.0. The summed E-state index contributed by atoms with van der Waals surface area (Å²) < 4.78 is 33.8. The van der Waals surface area contributed by atoms with Crippen LogP contribution in [0.2, 0.25) is 0 Å². The number of carboxylic acid groups (broad SMARTS) is 3. The summed E-state index contributed by atoms with van der Waals surface area (Å²) in [5, 5.41) is 38.7. The van der Waals surface area contributed by atoms with E-state index >= 15 is 0 Å². The summed E-state index contributed by atoms with van der Waals surface area (Å²) >= 11 is 0. The van der Waals surface area contributed by atoms with Crippen LogP contribution in [0.4, 0.5) is 0 Å². The maximum atomic E-state index is 12.0. The second-order valence-corrected chi connectivity index (χ2v) is 9.54. The van der Waals surface area contributed by atoms with Crippen molar-refractivity contribution >= 4 is 76.5 Å². The first-order valence-electron chi connectivity index (χ1n) is 11.1. The summed E-state index contributed by atoms with van der Waals surface area (Å²) in [6.07, 6.45) is 2.93. The molecule has 2 aromatic rings. The topological polar surface area (TPSA) is 192 Å². The number of benzene rings is 2. The van der Waals surface area contributed by atoms with E-state index in [4.69, 9.17) is 10.2 Å². The molecule has 0 amide bonds. The zero-order chi connectivity index (χ0) is 26.8. The van der Waals surface area contributed by atoms with E-state index < -0.39 is 46.5 Å². The molecule has 0 atom stereocenters. The number of aliphatic hydroxyl groups is 1. The molecular weight excluding hydrogens is 520 g/mol. The first-order chi connectivity index (χ1) is 16.3. The van der Waals surface area contributed by atoms with Crippen LogP contribution in [0.3, 0.4) is 0 Å². The summed E-state index contributed by atoms with van der Waals surface area (Å²) in [6, 6.07) is 9.48. The number of carbonyl (C=O) groups is 3. The Kier molecular flexibility index (Phi) is 14.7. The quantitative estimate of drug-likeness (QED) is 0.247. The van der Waals surface area contributed by atoms with Gasteiger partial charge in [-0.15, -0.1) is 0 Å². The van der Waals surface area contributed by atoms with E-state index in [1.54, 1.807) is 6.07 Å².